The van der Waals surface area contributed by atoms with Gasteiger partial charge in [0, 0.05) is 6.61 Å². The van der Waals surface area contributed by atoms with E-state index < -0.39 is 5.97 Å². The molecule has 1 aromatic carbocycles. The van der Waals surface area contributed by atoms with Crippen molar-refractivity contribution in [1.29, 1.82) is 0 Å². The first kappa shape index (κ1) is 18.2. The van der Waals surface area contributed by atoms with E-state index >= 15 is 0 Å². The molecule has 0 spiro atoms. The van der Waals surface area contributed by atoms with Crippen LogP contribution in [-0.4, -0.2) is 23.6 Å². The van der Waals surface area contributed by atoms with Crippen LogP contribution in [-0.2, 0) is 16.1 Å². The van der Waals surface area contributed by atoms with Crippen molar-refractivity contribution in [2.45, 2.75) is 39.3 Å². The van der Waals surface area contributed by atoms with Crippen molar-refractivity contribution in [3.63, 3.8) is 0 Å². The van der Waals surface area contributed by atoms with Gasteiger partial charge in [0.05, 0.1) is 18.6 Å². The number of carbonyl (C=O) groups is 2. The van der Waals surface area contributed by atoms with Crippen LogP contribution in [0.5, 0.6) is 0 Å². The predicted octanol–water partition coefficient (Wildman–Crippen LogP) is 3.38. The Bertz CT molecular complexity index is 793. The molecule has 6 nitrogen and oxygen atoms in total. The highest BCUT2D eigenvalue weighted by atomic mass is 16.5. The fourth-order valence-electron chi connectivity index (χ4n) is 3.28. The maximum atomic E-state index is 12.7. The van der Waals surface area contributed by atoms with Crippen LogP contribution in [0.4, 0.5) is 0 Å². The number of aromatic carboxylic acids is 1. The van der Waals surface area contributed by atoms with Gasteiger partial charge < -0.3 is 19.6 Å². The average molecular weight is 357 g/mol. The number of carboxylic acid groups (broad SMARTS) is 1. The molecule has 6 heteroatoms. The largest absolute Gasteiger partial charge is 0.478 e. The zero-order chi connectivity index (χ0) is 18.7. The van der Waals surface area contributed by atoms with Crippen molar-refractivity contribution in [1.82, 2.24) is 5.32 Å². The standard InChI is InChI=1S/C20H23NO5/c1-12-5-7-14(8-6-12)18-16(4-3-9-25-18)19(22)21-11-15-10-17(20(23)24)13(2)26-15/h5-8,10,16,18H,3-4,9,11H2,1-2H3,(H,21,22)(H,23,24)/t16-,18+/m0/s1. The lowest BCUT2D eigenvalue weighted by molar-refractivity contribution is -0.135. The van der Waals surface area contributed by atoms with Crippen LogP contribution in [0, 0.1) is 19.8 Å². The number of hydrogen-bond acceptors (Lipinski definition) is 4. The molecule has 2 heterocycles. The molecular formula is C20H23NO5. The van der Waals surface area contributed by atoms with E-state index in [1.165, 1.54) is 6.07 Å². The molecule has 138 valence electrons. The van der Waals surface area contributed by atoms with Crippen LogP contribution in [0.3, 0.4) is 0 Å². The van der Waals surface area contributed by atoms with Crippen LogP contribution in [0.2, 0.25) is 0 Å². The van der Waals surface area contributed by atoms with Gasteiger partial charge in [-0.25, -0.2) is 4.79 Å². The highest BCUT2D eigenvalue weighted by Gasteiger charge is 2.33. The summed E-state index contributed by atoms with van der Waals surface area (Å²) in [6.07, 6.45) is 1.32. The first-order chi connectivity index (χ1) is 12.5. The second kappa shape index (κ2) is 7.74. The number of rotatable bonds is 5. The average Bonchev–Trinajstić information content (AvgIpc) is 3.01. The zero-order valence-corrected chi connectivity index (χ0v) is 15.0. The third-order valence-corrected chi connectivity index (χ3v) is 4.70. The highest BCUT2D eigenvalue weighted by Crippen LogP contribution is 2.34. The highest BCUT2D eigenvalue weighted by molar-refractivity contribution is 5.88. The van der Waals surface area contributed by atoms with E-state index in [9.17, 15) is 9.59 Å². The van der Waals surface area contributed by atoms with Gasteiger partial charge in [0.15, 0.2) is 0 Å². The van der Waals surface area contributed by atoms with E-state index in [0.717, 1.165) is 24.0 Å². The predicted molar refractivity (Wildman–Crippen MR) is 94.8 cm³/mol. The molecule has 0 aliphatic carbocycles. The molecule has 1 fully saturated rings. The quantitative estimate of drug-likeness (QED) is 0.856. The first-order valence-corrected chi connectivity index (χ1v) is 8.74. The molecular weight excluding hydrogens is 334 g/mol. The summed E-state index contributed by atoms with van der Waals surface area (Å²) in [5.74, 6) is -0.663. The fraction of sp³-hybridized carbons (Fsp3) is 0.400. The van der Waals surface area contributed by atoms with Crippen molar-refractivity contribution < 1.29 is 23.8 Å². The number of aryl methyl sites for hydroxylation is 2. The smallest absolute Gasteiger partial charge is 0.339 e. The summed E-state index contributed by atoms with van der Waals surface area (Å²) >= 11 is 0. The van der Waals surface area contributed by atoms with Crippen LogP contribution < -0.4 is 5.32 Å². The van der Waals surface area contributed by atoms with Gasteiger partial charge >= 0.3 is 5.97 Å². The minimum atomic E-state index is -1.04. The number of carboxylic acids is 1. The van der Waals surface area contributed by atoms with E-state index in [1.54, 1.807) is 6.92 Å². The van der Waals surface area contributed by atoms with Gasteiger partial charge in [-0.15, -0.1) is 0 Å². The summed E-state index contributed by atoms with van der Waals surface area (Å²) in [5.41, 5.74) is 2.28. The number of carbonyl (C=O) groups excluding carboxylic acids is 1. The van der Waals surface area contributed by atoms with Crippen LogP contribution in [0.25, 0.3) is 0 Å². The summed E-state index contributed by atoms with van der Waals surface area (Å²) in [5, 5.41) is 11.9. The second-order valence-corrected chi connectivity index (χ2v) is 6.66. The molecule has 0 saturated carbocycles. The van der Waals surface area contributed by atoms with E-state index in [1.807, 2.05) is 31.2 Å². The monoisotopic (exact) mass is 357 g/mol. The number of furan rings is 1. The Morgan fingerprint density at radius 3 is 2.62 bits per heavy atom. The summed E-state index contributed by atoms with van der Waals surface area (Å²) < 4.78 is 11.3. The SMILES string of the molecule is Cc1ccc([C@H]2OCCC[C@@H]2C(=O)NCc2cc(C(=O)O)c(C)o2)cc1. The van der Waals surface area contributed by atoms with E-state index in [2.05, 4.69) is 5.32 Å². The Kier molecular flexibility index (Phi) is 5.42. The van der Waals surface area contributed by atoms with Crippen molar-refractivity contribution in [3.8, 4) is 0 Å². The Hall–Kier alpha value is -2.60. The summed E-state index contributed by atoms with van der Waals surface area (Å²) in [6.45, 7) is 4.41. The van der Waals surface area contributed by atoms with E-state index in [0.29, 0.717) is 18.1 Å². The van der Waals surface area contributed by atoms with E-state index in [4.69, 9.17) is 14.3 Å². The van der Waals surface area contributed by atoms with Crippen molar-refractivity contribution >= 4 is 11.9 Å². The van der Waals surface area contributed by atoms with Crippen LogP contribution in [0.1, 0.15) is 52.0 Å². The molecule has 1 amide bonds. The lowest BCUT2D eigenvalue weighted by Gasteiger charge is -2.31. The summed E-state index contributed by atoms with van der Waals surface area (Å²) in [6, 6.07) is 9.48. The Morgan fingerprint density at radius 1 is 1.23 bits per heavy atom. The number of amides is 1. The lowest BCUT2D eigenvalue weighted by atomic mass is 9.88. The van der Waals surface area contributed by atoms with Crippen LogP contribution >= 0.6 is 0 Å². The first-order valence-electron chi connectivity index (χ1n) is 8.74. The molecule has 1 aliphatic heterocycles. The third-order valence-electron chi connectivity index (χ3n) is 4.70. The van der Waals surface area contributed by atoms with Gasteiger partial charge in [-0.1, -0.05) is 29.8 Å². The minimum absolute atomic E-state index is 0.110. The van der Waals surface area contributed by atoms with Gasteiger partial charge in [-0.05, 0) is 38.3 Å². The molecule has 0 radical (unpaired) electrons. The number of ether oxygens (including phenoxy) is 1. The Labute approximate surface area is 152 Å². The van der Waals surface area contributed by atoms with Crippen molar-refractivity contribution in [2.75, 3.05) is 6.61 Å². The van der Waals surface area contributed by atoms with Gasteiger partial charge in [-0.3, -0.25) is 4.79 Å². The fourth-order valence-corrected chi connectivity index (χ4v) is 3.28. The molecule has 2 aromatic rings. The van der Waals surface area contributed by atoms with Gasteiger partial charge in [0.2, 0.25) is 5.91 Å². The third kappa shape index (κ3) is 3.96. The Balaban J connectivity index is 1.68. The number of benzene rings is 1. The van der Waals surface area contributed by atoms with Gasteiger partial charge in [0.1, 0.15) is 17.1 Å². The molecule has 0 bridgehead atoms. The topological polar surface area (TPSA) is 88.8 Å². The molecule has 1 saturated heterocycles. The molecule has 2 N–H and O–H groups in total. The number of nitrogens with one attached hydrogen (secondary N) is 1. The van der Waals surface area contributed by atoms with Crippen LogP contribution in [0.15, 0.2) is 34.7 Å². The Morgan fingerprint density at radius 2 is 1.96 bits per heavy atom. The molecule has 26 heavy (non-hydrogen) atoms. The van der Waals surface area contributed by atoms with Crippen molar-refractivity contribution in [2.24, 2.45) is 5.92 Å². The van der Waals surface area contributed by atoms with E-state index in [-0.39, 0.29) is 30.0 Å². The normalized spacial score (nSPS) is 19.9. The number of hydrogen-bond donors (Lipinski definition) is 2. The van der Waals surface area contributed by atoms with Gasteiger partial charge in [-0.2, -0.15) is 0 Å². The molecule has 1 aromatic heterocycles. The molecule has 2 atom stereocenters. The summed E-state index contributed by atoms with van der Waals surface area (Å²) in [4.78, 5) is 23.8. The zero-order valence-electron chi connectivity index (χ0n) is 15.0. The summed E-state index contributed by atoms with van der Waals surface area (Å²) in [7, 11) is 0. The molecule has 3 rings (SSSR count). The maximum absolute atomic E-state index is 12.7. The second-order valence-electron chi connectivity index (χ2n) is 6.66. The molecule has 0 unspecified atom stereocenters. The maximum Gasteiger partial charge on any atom is 0.339 e. The molecule has 1 aliphatic rings. The lowest BCUT2D eigenvalue weighted by Crippen LogP contribution is -2.37. The van der Waals surface area contributed by atoms with Gasteiger partial charge in [0.25, 0.3) is 0 Å². The van der Waals surface area contributed by atoms with Crippen molar-refractivity contribution in [3.05, 3.63) is 58.5 Å². The minimum Gasteiger partial charge on any atom is -0.478 e.